The summed E-state index contributed by atoms with van der Waals surface area (Å²) in [6, 6.07) is 9.94. The lowest BCUT2D eigenvalue weighted by Crippen LogP contribution is -2.48. The number of aromatic nitrogens is 1. The lowest BCUT2D eigenvalue weighted by molar-refractivity contribution is -0.118. The Kier molecular flexibility index (Phi) is 6.66. The van der Waals surface area contributed by atoms with Crippen molar-refractivity contribution in [2.24, 2.45) is 0 Å². The topological polar surface area (TPSA) is 57.3 Å². The maximum atomic E-state index is 13.2. The number of anilines is 1. The second-order valence-electron chi connectivity index (χ2n) is 5.54. The molecule has 1 saturated heterocycles. The molecule has 0 aliphatic carbocycles. The van der Waals surface area contributed by atoms with Gasteiger partial charge in [0.1, 0.15) is 5.82 Å². The average molecular weight is 351 g/mol. The molecule has 0 radical (unpaired) electrons. The van der Waals surface area contributed by atoms with Gasteiger partial charge in [-0.1, -0.05) is 12.1 Å². The highest BCUT2D eigenvalue weighted by Gasteiger charge is 2.25. The monoisotopic (exact) mass is 350 g/mol. The third kappa shape index (κ3) is 4.74. The van der Waals surface area contributed by atoms with Crippen LogP contribution in [0.1, 0.15) is 11.6 Å². The lowest BCUT2D eigenvalue weighted by atomic mass is 10.1. The molecule has 0 bridgehead atoms. The van der Waals surface area contributed by atoms with E-state index in [-0.39, 0.29) is 36.7 Å². The summed E-state index contributed by atoms with van der Waals surface area (Å²) in [4.78, 5) is 18.5. The van der Waals surface area contributed by atoms with Gasteiger partial charge < -0.3 is 10.6 Å². The number of hydrogen-bond donors (Lipinski definition) is 2. The summed E-state index contributed by atoms with van der Waals surface area (Å²) in [5.74, 6) is -0.510. The molecule has 3 rings (SSSR count). The predicted molar refractivity (Wildman–Crippen MR) is 93.7 cm³/mol. The van der Waals surface area contributed by atoms with Crippen molar-refractivity contribution in [3.8, 4) is 0 Å². The van der Waals surface area contributed by atoms with Crippen molar-refractivity contribution in [1.29, 1.82) is 0 Å². The molecule has 2 N–H and O–H groups in total. The number of halogens is 2. The molecule has 7 heteroatoms. The Labute approximate surface area is 146 Å². The normalized spacial score (nSPS) is 17.8. The molecule has 2 heterocycles. The number of rotatable bonds is 4. The SMILES string of the molecule is Cl.O=C(CN1CCNCC1c1cccnc1)Nc1cccc(F)c1. The van der Waals surface area contributed by atoms with Crippen LogP contribution in [0, 0.1) is 5.82 Å². The van der Waals surface area contributed by atoms with Crippen LogP contribution in [0.4, 0.5) is 10.1 Å². The molecule has 1 aliphatic heterocycles. The molecule has 1 atom stereocenters. The summed E-state index contributed by atoms with van der Waals surface area (Å²) in [5, 5.41) is 6.09. The minimum absolute atomic E-state index is 0. The zero-order chi connectivity index (χ0) is 16.1. The van der Waals surface area contributed by atoms with Crippen molar-refractivity contribution in [2.45, 2.75) is 6.04 Å². The zero-order valence-electron chi connectivity index (χ0n) is 13.1. The first kappa shape index (κ1) is 18.3. The van der Waals surface area contributed by atoms with Gasteiger partial charge >= 0.3 is 0 Å². The summed E-state index contributed by atoms with van der Waals surface area (Å²) in [6.07, 6.45) is 3.57. The summed E-state index contributed by atoms with van der Waals surface area (Å²) in [7, 11) is 0. The molecule has 1 unspecified atom stereocenters. The quantitative estimate of drug-likeness (QED) is 0.887. The van der Waals surface area contributed by atoms with E-state index in [2.05, 4.69) is 20.5 Å². The number of amides is 1. The van der Waals surface area contributed by atoms with Gasteiger partial charge in [0.2, 0.25) is 5.91 Å². The van der Waals surface area contributed by atoms with Crippen molar-refractivity contribution in [3.63, 3.8) is 0 Å². The molecule has 24 heavy (non-hydrogen) atoms. The maximum absolute atomic E-state index is 13.2. The Balaban J connectivity index is 0.00000208. The fourth-order valence-electron chi connectivity index (χ4n) is 2.79. The first-order valence-corrected chi connectivity index (χ1v) is 7.62. The summed E-state index contributed by atoms with van der Waals surface area (Å²) >= 11 is 0. The van der Waals surface area contributed by atoms with E-state index in [1.54, 1.807) is 18.3 Å². The standard InChI is InChI=1S/C17H19FN4O.ClH/c18-14-4-1-5-15(9-14)21-17(23)12-22-8-7-20-11-16(22)13-3-2-6-19-10-13;/h1-6,9-10,16,20H,7-8,11-12H2,(H,21,23);1H. The van der Waals surface area contributed by atoms with Crippen LogP contribution in [0.25, 0.3) is 0 Å². The number of nitrogens with one attached hydrogen (secondary N) is 2. The molecular formula is C17H20ClFN4O. The van der Waals surface area contributed by atoms with E-state index in [4.69, 9.17) is 0 Å². The highest BCUT2D eigenvalue weighted by atomic mass is 35.5. The number of nitrogens with zero attached hydrogens (tertiary/aromatic N) is 2. The van der Waals surface area contributed by atoms with Crippen LogP contribution in [0.3, 0.4) is 0 Å². The van der Waals surface area contributed by atoms with E-state index in [0.717, 1.165) is 25.2 Å². The smallest absolute Gasteiger partial charge is 0.238 e. The first-order chi connectivity index (χ1) is 11.2. The first-order valence-electron chi connectivity index (χ1n) is 7.62. The number of benzene rings is 1. The predicted octanol–water partition coefficient (Wildman–Crippen LogP) is 2.23. The Bertz CT molecular complexity index is 671. The van der Waals surface area contributed by atoms with Crippen LogP contribution in [-0.4, -0.2) is 42.0 Å². The van der Waals surface area contributed by atoms with Crippen LogP contribution in [0.15, 0.2) is 48.8 Å². The Morgan fingerprint density at radius 1 is 1.38 bits per heavy atom. The third-order valence-corrected chi connectivity index (χ3v) is 3.88. The molecular weight excluding hydrogens is 331 g/mol. The number of carbonyl (C=O) groups is 1. The zero-order valence-corrected chi connectivity index (χ0v) is 13.9. The van der Waals surface area contributed by atoms with E-state index < -0.39 is 0 Å². The molecule has 0 saturated carbocycles. The van der Waals surface area contributed by atoms with E-state index in [1.807, 2.05) is 18.3 Å². The van der Waals surface area contributed by atoms with E-state index >= 15 is 0 Å². The fourth-order valence-corrected chi connectivity index (χ4v) is 2.79. The van der Waals surface area contributed by atoms with Gasteiger partial charge in [-0.2, -0.15) is 0 Å². The Hall–Kier alpha value is -2.02. The second-order valence-corrected chi connectivity index (χ2v) is 5.54. The number of carbonyl (C=O) groups excluding carboxylic acids is 1. The van der Waals surface area contributed by atoms with Crippen LogP contribution >= 0.6 is 12.4 Å². The highest BCUT2D eigenvalue weighted by Crippen LogP contribution is 2.21. The number of piperazine rings is 1. The average Bonchev–Trinajstić information content (AvgIpc) is 2.56. The van der Waals surface area contributed by atoms with Crippen LogP contribution in [0.2, 0.25) is 0 Å². The van der Waals surface area contributed by atoms with Crippen LogP contribution < -0.4 is 10.6 Å². The second kappa shape index (κ2) is 8.73. The molecule has 128 valence electrons. The van der Waals surface area contributed by atoms with Crippen molar-refractivity contribution >= 4 is 24.0 Å². The van der Waals surface area contributed by atoms with Gasteiger partial charge in [0.25, 0.3) is 0 Å². The molecule has 1 aliphatic rings. The summed E-state index contributed by atoms with van der Waals surface area (Å²) in [6.45, 7) is 2.65. The van der Waals surface area contributed by atoms with Gasteiger partial charge in [-0.25, -0.2) is 4.39 Å². The van der Waals surface area contributed by atoms with Crippen LogP contribution in [0.5, 0.6) is 0 Å². The molecule has 1 fully saturated rings. The molecule has 5 nitrogen and oxygen atoms in total. The van der Waals surface area contributed by atoms with Gasteiger partial charge in [-0.15, -0.1) is 12.4 Å². The third-order valence-electron chi connectivity index (χ3n) is 3.88. The van der Waals surface area contributed by atoms with E-state index in [0.29, 0.717) is 5.69 Å². The summed E-state index contributed by atoms with van der Waals surface area (Å²) < 4.78 is 13.2. The Morgan fingerprint density at radius 3 is 3.00 bits per heavy atom. The summed E-state index contributed by atoms with van der Waals surface area (Å²) in [5.41, 5.74) is 1.56. The van der Waals surface area contributed by atoms with E-state index in [9.17, 15) is 9.18 Å². The molecule has 2 aromatic rings. The van der Waals surface area contributed by atoms with Crippen molar-refractivity contribution < 1.29 is 9.18 Å². The van der Waals surface area contributed by atoms with Crippen molar-refractivity contribution in [2.75, 3.05) is 31.5 Å². The number of hydrogen-bond acceptors (Lipinski definition) is 4. The maximum Gasteiger partial charge on any atom is 0.238 e. The number of pyridine rings is 1. The minimum Gasteiger partial charge on any atom is -0.325 e. The largest absolute Gasteiger partial charge is 0.325 e. The fraction of sp³-hybridized carbons (Fsp3) is 0.294. The highest BCUT2D eigenvalue weighted by molar-refractivity contribution is 5.92. The lowest BCUT2D eigenvalue weighted by Gasteiger charge is -2.35. The van der Waals surface area contributed by atoms with Gasteiger partial charge in [0.15, 0.2) is 0 Å². The molecule has 0 spiro atoms. The van der Waals surface area contributed by atoms with Gasteiger partial charge in [-0.05, 0) is 29.8 Å². The Morgan fingerprint density at radius 2 is 2.25 bits per heavy atom. The minimum atomic E-state index is -0.363. The van der Waals surface area contributed by atoms with Crippen molar-refractivity contribution in [3.05, 3.63) is 60.2 Å². The van der Waals surface area contributed by atoms with Crippen LogP contribution in [-0.2, 0) is 4.79 Å². The van der Waals surface area contributed by atoms with Crippen molar-refractivity contribution in [1.82, 2.24) is 15.2 Å². The molecule has 1 amide bonds. The van der Waals surface area contributed by atoms with Gasteiger partial charge in [-0.3, -0.25) is 14.7 Å². The molecule has 1 aromatic heterocycles. The van der Waals surface area contributed by atoms with Gasteiger partial charge in [0, 0.05) is 43.8 Å². The van der Waals surface area contributed by atoms with Gasteiger partial charge in [0.05, 0.1) is 6.54 Å². The molecule has 1 aromatic carbocycles. The van der Waals surface area contributed by atoms with E-state index in [1.165, 1.54) is 12.1 Å².